The van der Waals surface area contributed by atoms with Crippen LogP contribution in [0.15, 0.2) is 67.3 Å². The summed E-state index contributed by atoms with van der Waals surface area (Å²) in [5.41, 5.74) is 11.0. The van der Waals surface area contributed by atoms with E-state index in [4.69, 9.17) is 10.7 Å². The molecule has 5 rings (SSSR count). The van der Waals surface area contributed by atoms with Gasteiger partial charge in [0, 0.05) is 23.1 Å². The maximum absolute atomic E-state index is 6.48. The van der Waals surface area contributed by atoms with Crippen molar-refractivity contribution < 1.29 is 0 Å². The van der Waals surface area contributed by atoms with E-state index in [0.29, 0.717) is 11.5 Å². The molecule has 0 bridgehead atoms. The molecule has 29 heavy (non-hydrogen) atoms. The molecule has 0 aliphatic rings. The topological polar surface area (TPSA) is 106 Å². The molecule has 0 aliphatic carbocycles. The van der Waals surface area contributed by atoms with Gasteiger partial charge in [-0.05, 0) is 17.7 Å². The molecule has 0 radical (unpaired) electrons. The maximum Gasteiger partial charge on any atom is 0.159 e. The molecule has 0 saturated carbocycles. The number of H-pyrrole nitrogens is 1. The molecular weight excluding hydrogens is 362 g/mol. The molecular formula is C22H19N7. The highest BCUT2D eigenvalue weighted by Gasteiger charge is 2.19. The highest BCUT2D eigenvalue weighted by atomic mass is 15.1. The van der Waals surface area contributed by atoms with Crippen LogP contribution in [0.5, 0.6) is 0 Å². The van der Waals surface area contributed by atoms with Gasteiger partial charge in [-0.1, -0.05) is 43.3 Å². The second kappa shape index (κ2) is 7.03. The van der Waals surface area contributed by atoms with Gasteiger partial charge in [0.2, 0.25) is 0 Å². The van der Waals surface area contributed by atoms with Crippen molar-refractivity contribution in [3.8, 4) is 11.3 Å². The third-order valence-corrected chi connectivity index (χ3v) is 5.28. The number of aromatic nitrogens is 6. The van der Waals surface area contributed by atoms with Gasteiger partial charge in [0.15, 0.2) is 5.65 Å². The monoisotopic (exact) mass is 381 g/mol. The zero-order valence-electron chi connectivity index (χ0n) is 15.8. The Morgan fingerprint density at radius 1 is 0.966 bits per heavy atom. The van der Waals surface area contributed by atoms with Crippen molar-refractivity contribution in [3.05, 3.63) is 78.6 Å². The zero-order chi connectivity index (χ0) is 19.8. The summed E-state index contributed by atoms with van der Waals surface area (Å²) in [5, 5.41) is 8.74. The molecule has 7 nitrogen and oxygen atoms in total. The average Bonchev–Trinajstić information content (AvgIpc) is 3.27. The largest absolute Gasteiger partial charge is 0.321 e. The van der Waals surface area contributed by atoms with E-state index in [1.807, 2.05) is 42.6 Å². The smallest absolute Gasteiger partial charge is 0.159 e. The number of aromatic amines is 1. The van der Waals surface area contributed by atoms with Crippen LogP contribution in [-0.2, 0) is 0 Å². The van der Waals surface area contributed by atoms with E-state index in [1.54, 1.807) is 6.20 Å². The first-order valence-corrected chi connectivity index (χ1v) is 9.42. The summed E-state index contributed by atoms with van der Waals surface area (Å²) in [6, 6.07) is 15.9. The molecule has 3 aromatic heterocycles. The lowest BCUT2D eigenvalue weighted by Crippen LogP contribution is -2.20. The van der Waals surface area contributed by atoms with Crippen LogP contribution in [0.2, 0.25) is 0 Å². The summed E-state index contributed by atoms with van der Waals surface area (Å²) < 4.78 is 0. The van der Waals surface area contributed by atoms with Crippen molar-refractivity contribution in [2.24, 2.45) is 5.73 Å². The standard InChI is InChI=1S/C22H19N7/c1-13(14-5-3-2-4-6-14)19(23)22-24-10-16-9-15(7-8-18(16)28-22)20-17-11-27-29-21(17)26-12-25-20/h2-13,19H,23H2,1H3,(H,25,26,27,29)/t13-,19?/m1/s1. The molecule has 0 amide bonds. The van der Waals surface area contributed by atoms with Gasteiger partial charge in [-0.2, -0.15) is 5.10 Å². The molecule has 2 atom stereocenters. The van der Waals surface area contributed by atoms with Crippen molar-refractivity contribution in [3.63, 3.8) is 0 Å². The van der Waals surface area contributed by atoms with Crippen LogP contribution in [0.4, 0.5) is 0 Å². The molecule has 1 unspecified atom stereocenters. The van der Waals surface area contributed by atoms with Crippen molar-refractivity contribution >= 4 is 21.9 Å². The fraction of sp³-hybridized carbons (Fsp3) is 0.136. The summed E-state index contributed by atoms with van der Waals surface area (Å²) in [6.45, 7) is 2.10. The lowest BCUT2D eigenvalue weighted by molar-refractivity contribution is 0.567. The summed E-state index contributed by atoms with van der Waals surface area (Å²) in [7, 11) is 0. The molecule has 3 heterocycles. The van der Waals surface area contributed by atoms with Crippen LogP contribution in [0.3, 0.4) is 0 Å². The molecule has 0 aliphatic heterocycles. The quantitative estimate of drug-likeness (QED) is 0.491. The van der Waals surface area contributed by atoms with Crippen molar-refractivity contribution in [2.75, 3.05) is 0 Å². The Labute approximate surface area is 167 Å². The van der Waals surface area contributed by atoms with Gasteiger partial charge in [0.25, 0.3) is 0 Å². The van der Waals surface area contributed by atoms with Gasteiger partial charge in [0.1, 0.15) is 12.2 Å². The van der Waals surface area contributed by atoms with Gasteiger partial charge < -0.3 is 5.73 Å². The number of nitrogens with two attached hydrogens (primary N) is 1. The fourth-order valence-electron chi connectivity index (χ4n) is 3.54. The molecule has 0 saturated heterocycles. The SMILES string of the molecule is C[C@H](c1ccccc1)C(N)c1ncc2cc(-c3ncnc4[nH]ncc34)ccc2n1. The minimum Gasteiger partial charge on any atom is -0.321 e. The first-order valence-electron chi connectivity index (χ1n) is 9.42. The van der Waals surface area contributed by atoms with Gasteiger partial charge in [-0.25, -0.2) is 19.9 Å². The number of nitrogens with one attached hydrogen (secondary N) is 1. The minimum atomic E-state index is -0.283. The first kappa shape index (κ1) is 17.4. The van der Waals surface area contributed by atoms with E-state index in [2.05, 4.69) is 44.2 Å². The number of benzene rings is 2. The Kier molecular flexibility index (Phi) is 4.22. The Morgan fingerprint density at radius 2 is 1.83 bits per heavy atom. The minimum absolute atomic E-state index is 0.114. The van der Waals surface area contributed by atoms with E-state index in [0.717, 1.165) is 27.5 Å². The van der Waals surface area contributed by atoms with Crippen LogP contribution in [0.1, 0.15) is 30.3 Å². The second-order valence-corrected chi connectivity index (χ2v) is 7.08. The lowest BCUT2D eigenvalue weighted by Gasteiger charge is -2.19. The Bertz CT molecular complexity index is 1300. The number of nitrogens with zero attached hydrogens (tertiary/aromatic N) is 5. The summed E-state index contributed by atoms with van der Waals surface area (Å²) >= 11 is 0. The molecule has 0 spiro atoms. The van der Waals surface area contributed by atoms with Crippen molar-refractivity contribution in [2.45, 2.75) is 18.9 Å². The van der Waals surface area contributed by atoms with Gasteiger partial charge >= 0.3 is 0 Å². The molecule has 142 valence electrons. The number of fused-ring (bicyclic) bond motifs is 2. The average molecular weight is 381 g/mol. The van der Waals surface area contributed by atoms with Crippen molar-refractivity contribution in [1.29, 1.82) is 0 Å². The van der Waals surface area contributed by atoms with Crippen molar-refractivity contribution in [1.82, 2.24) is 30.1 Å². The highest BCUT2D eigenvalue weighted by Crippen LogP contribution is 2.29. The molecule has 3 N–H and O–H groups in total. The Morgan fingerprint density at radius 3 is 2.69 bits per heavy atom. The van der Waals surface area contributed by atoms with Crippen LogP contribution >= 0.6 is 0 Å². The Balaban J connectivity index is 1.51. The fourth-order valence-corrected chi connectivity index (χ4v) is 3.54. The number of hydrogen-bond acceptors (Lipinski definition) is 6. The molecule has 0 fully saturated rings. The van der Waals surface area contributed by atoms with E-state index in [9.17, 15) is 0 Å². The normalized spacial score (nSPS) is 13.6. The first-order chi connectivity index (χ1) is 14.2. The Hall–Kier alpha value is -3.71. The van der Waals surface area contributed by atoms with Crippen LogP contribution in [0, 0.1) is 0 Å². The zero-order valence-corrected chi connectivity index (χ0v) is 15.8. The maximum atomic E-state index is 6.48. The van der Waals surface area contributed by atoms with E-state index >= 15 is 0 Å². The predicted octanol–water partition coefficient (Wildman–Crippen LogP) is 3.77. The predicted molar refractivity (Wildman–Crippen MR) is 112 cm³/mol. The second-order valence-electron chi connectivity index (χ2n) is 7.08. The highest BCUT2D eigenvalue weighted by molar-refractivity contribution is 5.92. The third-order valence-electron chi connectivity index (χ3n) is 5.28. The number of rotatable bonds is 4. The molecule has 7 heteroatoms. The van der Waals surface area contributed by atoms with Gasteiger partial charge in [-0.3, -0.25) is 5.10 Å². The lowest BCUT2D eigenvalue weighted by atomic mass is 9.93. The van der Waals surface area contributed by atoms with Crippen LogP contribution in [0.25, 0.3) is 33.2 Å². The summed E-state index contributed by atoms with van der Waals surface area (Å²) in [4.78, 5) is 17.9. The van der Waals surface area contributed by atoms with Gasteiger partial charge in [-0.15, -0.1) is 0 Å². The summed E-state index contributed by atoms with van der Waals surface area (Å²) in [5.74, 6) is 0.754. The van der Waals surface area contributed by atoms with Crippen LogP contribution < -0.4 is 5.73 Å². The van der Waals surface area contributed by atoms with Gasteiger partial charge in [0.05, 0.1) is 28.8 Å². The molecule has 5 aromatic rings. The van der Waals surface area contributed by atoms with Crippen LogP contribution in [-0.4, -0.2) is 30.1 Å². The third kappa shape index (κ3) is 3.11. The van der Waals surface area contributed by atoms with E-state index in [1.165, 1.54) is 11.9 Å². The molecule has 2 aromatic carbocycles. The summed E-state index contributed by atoms with van der Waals surface area (Å²) in [6.07, 6.45) is 5.09. The van der Waals surface area contributed by atoms with E-state index in [-0.39, 0.29) is 12.0 Å². The number of hydrogen-bond donors (Lipinski definition) is 2. The van der Waals surface area contributed by atoms with E-state index < -0.39 is 0 Å².